The van der Waals surface area contributed by atoms with Crippen molar-refractivity contribution in [2.24, 2.45) is 0 Å². The number of rotatable bonds is 4. The zero-order chi connectivity index (χ0) is 14.7. The molecule has 0 radical (unpaired) electrons. The molecule has 0 aliphatic carbocycles. The molecule has 0 fully saturated rings. The van der Waals surface area contributed by atoms with Gasteiger partial charge in [0.25, 0.3) is 0 Å². The van der Waals surface area contributed by atoms with Gasteiger partial charge < -0.3 is 9.84 Å². The number of hydrogen-bond acceptors (Lipinski definition) is 3. The van der Waals surface area contributed by atoms with Crippen LogP contribution in [-0.4, -0.2) is 24.9 Å². The highest BCUT2D eigenvalue weighted by molar-refractivity contribution is 6.83. The molecule has 0 heterocycles. The third-order valence-corrected chi connectivity index (χ3v) is 9.53. The van der Waals surface area contributed by atoms with E-state index in [-0.39, 0.29) is 11.6 Å². The largest absolute Gasteiger partial charge is 0.459 e. The molecule has 0 saturated carbocycles. The Labute approximate surface area is 116 Å². The summed E-state index contributed by atoms with van der Waals surface area (Å²) in [5.41, 5.74) is -0.0607. The molecule has 0 amide bonds. The third kappa shape index (κ3) is 3.91. The second-order valence-corrected chi connectivity index (χ2v) is 12.0. The van der Waals surface area contributed by atoms with Gasteiger partial charge in [0.1, 0.15) is 20.4 Å². The topological polar surface area (TPSA) is 46.5 Å². The normalized spacial score (nSPS) is 14.0. The van der Waals surface area contributed by atoms with Crippen LogP contribution in [0.1, 0.15) is 26.3 Å². The molecule has 1 aromatic carbocycles. The molecule has 1 N–H and O–H groups in total. The smallest absolute Gasteiger partial charge is 0.331 e. The number of ether oxygens (including phenoxy) is 1. The summed E-state index contributed by atoms with van der Waals surface area (Å²) in [4.78, 5) is 12.0. The number of esters is 1. The van der Waals surface area contributed by atoms with Crippen molar-refractivity contribution in [1.82, 2.24) is 0 Å². The number of aliphatic hydroxyl groups excluding tert-OH is 1. The Bertz CT molecular complexity index is 421. The predicted molar refractivity (Wildman–Crippen MR) is 79.4 cm³/mol. The first kappa shape index (κ1) is 15.9. The Balaban J connectivity index is 2.64. The Morgan fingerprint density at radius 1 is 1.26 bits per heavy atom. The lowest BCUT2D eigenvalue weighted by Crippen LogP contribution is -2.53. The van der Waals surface area contributed by atoms with Crippen molar-refractivity contribution in [3.05, 3.63) is 35.9 Å². The van der Waals surface area contributed by atoms with Gasteiger partial charge in [-0.25, -0.2) is 4.79 Å². The average Bonchev–Trinajstić information content (AvgIpc) is 2.34. The number of benzene rings is 1. The molecule has 1 unspecified atom stereocenters. The lowest BCUT2D eigenvalue weighted by Gasteiger charge is -2.39. The van der Waals surface area contributed by atoms with E-state index < -0.39 is 19.8 Å². The molecule has 0 aliphatic heterocycles. The van der Waals surface area contributed by atoms with Crippen molar-refractivity contribution in [2.45, 2.75) is 51.2 Å². The minimum atomic E-state index is -2.13. The summed E-state index contributed by atoms with van der Waals surface area (Å²) in [7, 11) is -2.13. The molecular weight excluding hydrogens is 256 g/mol. The van der Waals surface area contributed by atoms with Crippen LogP contribution in [0.5, 0.6) is 0 Å². The number of carbonyl (C=O) groups is 1. The standard InChI is InChI=1S/C15H24O3Si/c1-15(2,3)19(4,5)14(17)13(16)18-11-12-9-7-6-8-10-12/h6-10,14,17H,11H2,1-5H3. The van der Waals surface area contributed by atoms with Crippen molar-refractivity contribution in [3.8, 4) is 0 Å². The molecule has 0 spiro atoms. The van der Waals surface area contributed by atoms with Crippen LogP contribution in [0.25, 0.3) is 0 Å². The minimum absolute atomic E-state index is 0.0574. The zero-order valence-electron chi connectivity index (χ0n) is 12.4. The molecule has 4 heteroatoms. The van der Waals surface area contributed by atoms with Gasteiger partial charge in [0.15, 0.2) is 0 Å². The number of carbonyl (C=O) groups excluding carboxylic acids is 1. The molecule has 106 valence electrons. The molecule has 0 aliphatic rings. The highest BCUT2D eigenvalue weighted by atomic mass is 28.3. The molecule has 0 aromatic heterocycles. The first-order valence-electron chi connectivity index (χ1n) is 6.55. The van der Waals surface area contributed by atoms with Gasteiger partial charge >= 0.3 is 5.97 Å². The van der Waals surface area contributed by atoms with E-state index in [1.165, 1.54) is 0 Å². The predicted octanol–water partition coefficient (Wildman–Crippen LogP) is 3.14. The molecule has 1 rings (SSSR count). The Morgan fingerprint density at radius 3 is 2.26 bits per heavy atom. The van der Waals surface area contributed by atoms with E-state index in [1.54, 1.807) is 0 Å². The van der Waals surface area contributed by atoms with E-state index in [1.807, 2.05) is 43.4 Å². The highest BCUT2D eigenvalue weighted by Crippen LogP contribution is 2.38. The van der Waals surface area contributed by atoms with Crippen molar-refractivity contribution in [2.75, 3.05) is 0 Å². The molecule has 1 atom stereocenters. The van der Waals surface area contributed by atoms with Gasteiger partial charge in [-0.3, -0.25) is 0 Å². The fourth-order valence-electron chi connectivity index (χ4n) is 1.51. The van der Waals surface area contributed by atoms with Gasteiger partial charge in [0, 0.05) is 0 Å². The summed E-state index contributed by atoms with van der Waals surface area (Å²) >= 11 is 0. The van der Waals surface area contributed by atoms with Gasteiger partial charge in [0.05, 0.1) is 0 Å². The van der Waals surface area contributed by atoms with Crippen molar-refractivity contribution in [3.63, 3.8) is 0 Å². The lowest BCUT2D eigenvalue weighted by atomic mass is 10.2. The van der Waals surface area contributed by atoms with Crippen molar-refractivity contribution >= 4 is 14.0 Å². The second kappa shape index (κ2) is 5.88. The summed E-state index contributed by atoms with van der Waals surface area (Å²) in [6.07, 6.45) is 0. The zero-order valence-corrected chi connectivity index (χ0v) is 13.4. The fourth-order valence-corrected chi connectivity index (χ4v) is 3.01. The van der Waals surface area contributed by atoms with Gasteiger partial charge in [-0.2, -0.15) is 0 Å². The first-order chi connectivity index (χ1) is 8.66. The highest BCUT2D eigenvalue weighted by Gasteiger charge is 2.45. The Morgan fingerprint density at radius 2 is 1.79 bits per heavy atom. The van der Waals surface area contributed by atoms with Crippen molar-refractivity contribution in [1.29, 1.82) is 0 Å². The SMILES string of the molecule is CC(C)(C)[Si](C)(C)C(O)C(=O)OCc1ccccc1. The maximum atomic E-state index is 12.0. The minimum Gasteiger partial charge on any atom is -0.459 e. The second-order valence-electron chi connectivity index (χ2n) is 6.47. The third-order valence-electron chi connectivity index (χ3n) is 4.06. The van der Waals surface area contributed by atoms with Crippen LogP contribution in [0, 0.1) is 0 Å². The van der Waals surface area contributed by atoms with Crippen LogP contribution >= 0.6 is 0 Å². The Kier molecular flexibility index (Phi) is 4.93. The van der Waals surface area contributed by atoms with Crippen LogP contribution in [0.3, 0.4) is 0 Å². The first-order valence-corrected chi connectivity index (χ1v) is 9.62. The quantitative estimate of drug-likeness (QED) is 0.681. The summed E-state index contributed by atoms with van der Waals surface area (Å²) < 4.78 is 5.22. The molecular formula is C15H24O3Si. The van der Waals surface area contributed by atoms with Crippen LogP contribution in [0.15, 0.2) is 30.3 Å². The van der Waals surface area contributed by atoms with Crippen LogP contribution in [-0.2, 0) is 16.1 Å². The van der Waals surface area contributed by atoms with Crippen LogP contribution in [0.2, 0.25) is 18.1 Å². The number of hydrogen-bond donors (Lipinski definition) is 1. The van der Waals surface area contributed by atoms with E-state index >= 15 is 0 Å². The molecule has 0 saturated heterocycles. The van der Waals surface area contributed by atoms with Crippen molar-refractivity contribution < 1.29 is 14.6 Å². The summed E-state index contributed by atoms with van der Waals surface area (Å²) in [6, 6.07) is 9.49. The monoisotopic (exact) mass is 280 g/mol. The van der Waals surface area contributed by atoms with Gasteiger partial charge in [-0.05, 0) is 10.6 Å². The lowest BCUT2D eigenvalue weighted by molar-refractivity contribution is -0.151. The molecule has 19 heavy (non-hydrogen) atoms. The molecule has 3 nitrogen and oxygen atoms in total. The fraction of sp³-hybridized carbons (Fsp3) is 0.533. The van der Waals surface area contributed by atoms with E-state index in [0.29, 0.717) is 0 Å². The summed E-state index contributed by atoms with van der Waals surface area (Å²) in [5.74, 6) is -0.504. The van der Waals surface area contributed by atoms with E-state index in [2.05, 4.69) is 20.8 Å². The summed E-state index contributed by atoms with van der Waals surface area (Å²) in [6.45, 7) is 10.4. The maximum absolute atomic E-state index is 12.0. The van der Waals surface area contributed by atoms with Gasteiger partial charge in [0.2, 0.25) is 0 Å². The maximum Gasteiger partial charge on any atom is 0.331 e. The van der Waals surface area contributed by atoms with E-state index in [9.17, 15) is 9.90 Å². The number of aliphatic hydroxyl groups is 1. The Hall–Kier alpha value is -1.13. The molecule has 1 aromatic rings. The average molecular weight is 280 g/mol. The van der Waals surface area contributed by atoms with E-state index in [4.69, 9.17) is 4.74 Å². The van der Waals surface area contributed by atoms with Gasteiger partial charge in [-0.15, -0.1) is 0 Å². The molecule has 0 bridgehead atoms. The van der Waals surface area contributed by atoms with E-state index in [0.717, 1.165) is 5.56 Å². The van der Waals surface area contributed by atoms with Crippen LogP contribution in [0.4, 0.5) is 0 Å². The van der Waals surface area contributed by atoms with Gasteiger partial charge in [-0.1, -0.05) is 64.2 Å². The summed E-state index contributed by atoms with van der Waals surface area (Å²) in [5, 5.41) is 10.2. The van der Waals surface area contributed by atoms with Crippen LogP contribution < -0.4 is 0 Å².